The lowest BCUT2D eigenvalue weighted by Crippen LogP contribution is -2.34. The van der Waals surface area contributed by atoms with Crippen LogP contribution in [-0.2, 0) is 18.4 Å². The summed E-state index contributed by atoms with van der Waals surface area (Å²) in [6.07, 6.45) is 0.420. The number of nitrogens with one attached hydrogen (secondary N) is 1. The van der Waals surface area contributed by atoms with Gasteiger partial charge in [0.25, 0.3) is 0 Å². The Labute approximate surface area is 178 Å². The number of hydrogen-bond acceptors (Lipinski definition) is 4. The summed E-state index contributed by atoms with van der Waals surface area (Å²) in [5.41, 5.74) is 2.34. The van der Waals surface area contributed by atoms with Crippen molar-refractivity contribution < 1.29 is 4.79 Å². The molecular weight excluding hydrogens is 421 g/mol. The van der Waals surface area contributed by atoms with E-state index in [0.29, 0.717) is 52.8 Å². The molecule has 2 aromatic heterocycles. The van der Waals surface area contributed by atoms with Crippen LogP contribution >= 0.6 is 34.8 Å². The molecule has 9 heteroatoms. The van der Waals surface area contributed by atoms with E-state index >= 15 is 0 Å². The maximum Gasteiger partial charge on any atom is 0.222 e. The number of anilines is 1. The van der Waals surface area contributed by atoms with Gasteiger partial charge in [0.2, 0.25) is 11.9 Å². The second-order valence-corrected chi connectivity index (χ2v) is 7.60. The van der Waals surface area contributed by atoms with Crippen LogP contribution in [0.4, 0.5) is 5.95 Å². The zero-order valence-corrected chi connectivity index (χ0v) is 17.8. The minimum Gasteiger partial charge on any atom is -0.354 e. The second kappa shape index (κ2) is 8.99. The van der Waals surface area contributed by atoms with E-state index in [0.717, 1.165) is 11.1 Å². The lowest BCUT2D eigenvalue weighted by atomic mass is 10.2. The van der Waals surface area contributed by atoms with Crippen LogP contribution in [0.25, 0.3) is 11.2 Å². The van der Waals surface area contributed by atoms with Gasteiger partial charge in [-0.25, -0.2) is 4.98 Å². The quantitative estimate of drug-likeness (QED) is 0.537. The molecule has 0 saturated heterocycles. The van der Waals surface area contributed by atoms with Gasteiger partial charge < -0.3 is 14.8 Å². The molecule has 1 aromatic carbocycles. The summed E-state index contributed by atoms with van der Waals surface area (Å²) in [7, 11) is 1.90. The van der Waals surface area contributed by atoms with Crippen LogP contribution in [0.2, 0.25) is 15.2 Å². The molecule has 1 N–H and O–H groups in total. The van der Waals surface area contributed by atoms with Crippen molar-refractivity contribution in [3.8, 4) is 0 Å². The molecule has 0 fully saturated rings. The molecule has 0 aliphatic carbocycles. The van der Waals surface area contributed by atoms with Crippen LogP contribution in [0.5, 0.6) is 0 Å². The van der Waals surface area contributed by atoms with Gasteiger partial charge in [0.1, 0.15) is 5.15 Å². The predicted molar refractivity (Wildman–Crippen MR) is 114 cm³/mol. The Bertz CT molecular complexity index is 984. The molecule has 0 bridgehead atoms. The first-order valence-corrected chi connectivity index (χ1v) is 9.96. The van der Waals surface area contributed by atoms with Crippen LogP contribution in [0.3, 0.4) is 0 Å². The molecule has 2 heterocycles. The maximum absolute atomic E-state index is 12.4. The number of rotatable bonds is 7. The highest BCUT2D eigenvalue weighted by molar-refractivity contribution is 6.34. The van der Waals surface area contributed by atoms with Gasteiger partial charge in [0.15, 0.2) is 5.65 Å². The van der Waals surface area contributed by atoms with Crippen molar-refractivity contribution in [2.45, 2.75) is 19.9 Å². The Balaban J connectivity index is 1.69. The van der Waals surface area contributed by atoms with E-state index in [1.54, 1.807) is 17.0 Å². The van der Waals surface area contributed by atoms with E-state index in [-0.39, 0.29) is 5.91 Å². The van der Waals surface area contributed by atoms with E-state index < -0.39 is 0 Å². The Hall–Kier alpha value is -2.02. The van der Waals surface area contributed by atoms with Crippen molar-refractivity contribution >= 4 is 57.8 Å². The van der Waals surface area contributed by atoms with Crippen molar-refractivity contribution in [1.82, 2.24) is 19.4 Å². The molecule has 0 aliphatic heterocycles. The lowest BCUT2D eigenvalue weighted by molar-refractivity contribution is -0.131. The number of pyridine rings is 1. The molecule has 3 aromatic rings. The highest BCUT2D eigenvalue weighted by Crippen LogP contribution is 2.21. The predicted octanol–water partition coefficient (Wildman–Crippen LogP) is 4.78. The SMILES string of the molecule is CCC(=O)N(CCNc1nc2nc(Cl)ccc2n1C)Cc1cc(Cl)cc(Cl)c1. The highest BCUT2D eigenvalue weighted by Gasteiger charge is 2.14. The van der Waals surface area contributed by atoms with Crippen LogP contribution in [0.1, 0.15) is 18.9 Å². The number of amides is 1. The number of hydrogen-bond donors (Lipinski definition) is 1. The molecule has 1 amide bonds. The minimum absolute atomic E-state index is 0.0522. The summed E-state index contributed by atoms with van der Waals surface area (Å²) in [5, 5.41) is 4.77. The van der Waals surface area contributed by atoms with Gasteiger partial charge in [0.05, 0.1) is 5.52 Å². The summed E-state index contributed by atoms with van der Waals surface area (Å²) >= 11 is 18.1. The van der Waals surface area contributed by atoms with Gasteiger partial charge in [0, 0.05) is 43.1 Å². The molecule has 0 spiro atoms. The first-order valence-electron chi connectivity index (χ1n) is 8.83. The number of aromatic nitrogens is 3. The first kappa shape index (κ1) is 20.7. The Morgan fingerprint density at radius 1 is 1.14 bits per heavy atom. The fourth-order valence-electron chi connectivity index (χ4n) is 2.95. The fraction of sp³-hybridized carbons (Fsp3) is 0.316. The number of imidazole rings is 1. The highest BCUT2D eigenvalue weighted by atomic mass is 35.5. The second-order valence-electron chi connectivity index (χ2n) is 6.34. The van der Waals surface area contributed by atoms with E-state index in [2.05, 4.69) is 15.3 Å². The van der Waals surface area contributed by atoms with Gasteiger partial charge >= 0.3 is 0 Å². The Morgan fingerprint density at radius 3 is 2.54 bits per heavy atom. The Morgan fingerprint density at radius 2 is 1.86 bits per heavy atom. The average Bonchev–Trinajstić information content (AvgIpc) is 2.94. The summed E-state index contributed by atoms with van der Waals surface area (Å²) in [6.45, 7) is 3.32. The smallest absolute Gasteiger partial charge is 0.222 e. The molecule has 3 rings (SSSR count). The fourth-order valence-corrected chi connectivity index (χ4v) is 3.66. The molecule has 6 nitrogen and oxygen atoms in total. The van der Waals surface area contributed by atoms with Gasteiger partial charge in [-0.1, -0.05) is 41.7 Å². The van der Waals surface area contributed by atoms with Gasteiger partial charge in [-0.05, 0) is 35.9 Å². The standard InChI is InChI=1S/C19H20Cl3N5O/c1-3-17(28)27(11-12-8-13(20)10-14(21)9-12)7-6-23-19-25-18-15(26(19)2)4-5-16(22)24-18/h4-5,8-10H,3,6-7,11H2,1-2H3,(H,23,24,25). The van der Waals surface area contributed by atoms with Crippen molar-refractivity contribution in [3.63, 3.8) is 0 Å². The molecule has 0 aliphatic rings. The molecule has 0 unspecified atom stereocenters. The number of carbonyl (C=O) groups excluding carboxylic acids is 1. The van der Waals surface area contributed by atoms with Crippen LogP contribution in [-0.4, -0.2) is 38.4 Å². The third-order valence-corrected chi connectivity index (χ3v) is 4.97. The molecular formula is C19H20Cl3N5O. The monoisotopic (exact) mass is 439 g/mol. The third kappa shape index (κ3) is 4.87. The minimum atomic E-state index is 0.0522. The van der Waals surface area contributed by atoms with E-state index in [4.69, 9.17) is 34.8 Å². The average molecular weight is 441 g/mol. The number of nitrogens with zero attached hydrogens (tertiary/aromatic N) is 4. The van der Waals surface area contributed by atoms with Gasteiger partial charge in [-0.15, -0.1) is 0 Å². The van der Waals surface area contributed by atoms with Crippen molar-refractivity contribution in [2.75, 3.05) is 18.4 Å². The largest absolute Gasteiger partial charge is 0.354 e. The van der Waals surface area contributed by atoms with E-state index in [9.17, 15) is 4.79 Å². The van der Waals surface area contributed by atoms with Crippen molar-refractivity contribution in [3.05, 3.63) is 51.1 Å². The topological polar surface area (TPSA) is 63.1 Å². The number of aryl methyl sites for hydroxylation is 1. The number of fused-ring (bicyclic) bond motifs is 1. The van der Waals surface area contributed by atoms with Crippen molar-refractivity contribution in [2.24, 2.45) is 7.05 Å². The van der Waals surface area contributed by atoms with Gasteiger partial charge in [-0.3, -0.25) is 4.79 Å². The van der Waals surface area contributed by atoms with Gasteiger partial charge in [-0.2, -0.15) is 4.98 Å². The zero-order chi connectivity index (χ0) is 20.3. The van der Waals surface area contributed by atoms with E-state index in [1.807, 2.05) is 36.7 Å². The molecule has 0 saturated carbocycles. The van der Waals surface area contributed by atoms with Crippen LogP contribution in [0.15, 0.2) is 30.3 Å². The summed E-state index contributed by atoms with van der Waals surface area (Å²) in [5.74, 6) is 0.718. The van der Waals surface area contributed by atoms with Crippen LogP contribution in [0, 0.1) is 0 Å². The third-order valence-electron chi connectivity index (χ3n) is 4.33. The summed E-state index contributed by atoms with van der Waals surface area (Å²) in [4.78, 5) is 22.8. The normalized spacial score (nSPS) is 11.0. The first-order chi connectivity index (χ1) is 13.4. The molecule has 0 atom stereocenters. The van der Waals surface area contributed by atoms with Crippen molar-refractivity contribution in [1.29, 1.82) is 0 Å². The number of benzene rings is 1. The Kier molecular flexibility index (Phi) is 6.65. The summed E-state index contributed by atoms with van der Waals surface area (Å²) < 4.78 is 1.90. The maximum atomic E-state index is 12.4. The van der Waals surface area contributed by atoms with E-state index in [1.165, 1.54) is 0 Å². The molecule has 28 heavy (non-hydrogen) atoms. The van der Waals surface area contributed by atoms with Crippen LogP contribution < -0.4 is 5.32 Å². The summed E-state index contributed by atoms with van der Waals surface area (Å²) in [6, 6.07) is 8.91. The number of halogens is 3. The lowest BCUT2D eigenvalue weighted by Gasteiger charge is -2.23. The molecule has 148 valence electrons. The zero-order valence-electron chi connectivity index (χ0n) is 15.5. The number of carbonyl (C=O) groups is 1. The molecule has 0 radical (unpaired) electrons.